The second-order valence-electron chi connectivity index (χ2n) is 6.23. The summed E-state index contributed by atoms with van der Waals surface area (Å²) in [5.74, 6) is -0.549. The summed E-state index contributed by atoms with van der Waals surface area (Å²) >= 11 is 0. The molecule has 0 aliphatic carbocycles. The molecule has 0 aromatic heterocycles. The maximum atomic E-state index is 11.9. The number of hydrogen-bond acceptors (Lipinski definition) is 5. The Kier molecular flexibility index (Phi) is 10.2. The van der Waals surface area contributed by atoms with E-state index in [2.05, 4.69) is 4.72 Å². The van der Waals surface area contributed by atoms with Crippen LogP contribution in [-0.2, 0) is 21.2 Å². The standard InChI is InChI=1S/C18H30N2O5S/c1-2-3-13-26(23,24)20-17(18(21)22)14-15-7-9-16(10-8-15)25-12-6-4-5-11-19/h7-10,17,20H,2-6,11-14,19H2,1H3,(H,21,22)/t17-/m0/s1. The van der Waals surface area contributed by atoms with Gasteiger partial charge in [0.2, 0.25) is 10.0 Å². The van der Waals surface area contributed by atoms with E-state index in [-0.39, 0.29) is 12.2 Å². The van der Waals surface area contributed by atoms with Crippen molar-refractivity contribution in [3.05, 3.63) is 29.8 Å². The van der Waals surface area contributed by atoms with Gasteiger partial charge in [-0.3, -0.25) is 4.79 Å². The average molecular weight is 387 g/mol. The molecular weight excluding hydrogens is 356 g/mol. The van der Waals surface area contributed by atoms with Crippen molar-refractivity contribution in [1.29, 1.82) is 0 Å². The lowest BCUT2D eigenvalue weighted by molar-refractivity contribution is -0.138. The number of sulfonamides is 1. The highest BCUT2D eigenvalue weighted by Gasteiger charge is 2.24. The first kappa shape index (κ1) is 22.4. The van der Waals surface area contributed by atoms with Gasteiger partial charge in [-0.25, -0.2) is 13.1 Å². The molecule has 0 saturated carbocycles. The van der Waals surface area contributed by atoms with Gasteiger partial charge in [-0.05, 0) is 56.3 Å². The topological polar surface area (TPSA) is 119 Å². The van der Waals surface area contributed by atoms with E-state index in [0.29, 0.717) is 25.3 Å². The fourth-order valence-corrected chi connectivity index (χ4v) is 3.76. The molecule has 0 heterocycles. The lowest BCUT2D eigenvalue weighted by Gasteiger charge is -2.15. The third-order valence-corrected chi connectivity index (χ3v) is 5.34. The van der Waals surface area contributed by atoms with Gasteiger partial charge < -0.3 is 15.6 Å². The number of carbonyl (C=O) groups is 1. The zero-order valence-corrected chi connectivity index (χ0v) is 16.1. The highest BCUT2D eigenvalue weighted by Crippen LogP contribution is 2.14. The van der Waals surface area contributed by atoms with Crippen LogP contribution >= 0.6 is 0 Å². The number of benzene rings is 1. The van der Waals surface area contributed by atoms with Gasteiger partial charge >= 0.3 is 5.97 Å². The van der Waals surface area contributed by atoms with Gasteiger partial charge in [-0.15, -0.1) is 0 Å². The Labute approximate surface area is 156 Å². The summed E-state index contributed by atoms with van der Waals surface area (Å²) < 4.78 is 31.8. The van der Waals surface area contributed by atoms with Crippen LogP contribution in [-0.4, -0.2) is 44.4 Å². The third kappa shape index (κ3) is 9.17. The minimum absolute atomic E-state index is 0.0653. The highest BCUT2D eigenvalue weighted by atomic mass is 32.2. The monoisotopic (exact) mass is 386 g/mol. The maximum Gasteiger partial charge on any atom is 0.322 e. The molecule has 4 N–H and O–H groups in total. The average Bonchev–Trinajstić information content (AvgIpc) is 2.60. The Balaban J connectivity index is 2.57. The molecule has 0 unspecified atom stereocenters. The first-order valence-corrected chi connectivity index (χ1v) is 10.7. The molecule has 1 aromatic rings. The Hall–Kier alpha value is -1.64. The van der Waals surface area contributed by atoms with Crippen molar-refractivity contribution in [2.45, 2.75) is 51.5 Å². The number of hydrogen-bond donors (Lipinski definition) is 3. The van der Waals surface area contributed by atoms with Crippen LogP contribution in [0.25, 0.3) is 0 Å². The molecule has 0 spiro atoms. The second kappa shape index (κ2) is 11.9. The Morgan fingerprint density at radius 3 is 2.46 bits per heavy atom. The summed E-state index contributed by atoms with van der Waals surface area (Å²) in [5.41, 5.74) is 6.16. The molecule has 8 heteroatoms. The number of ether oxygens (including phenoxy) is 1. The number of carboxylic acid groups (broad SMARTS) is 1. The zero-order chi connectivity index (χ0) is 19.4. The molecule has 0 aliphatic rings. The van der Waals surface area contributed by atoms with E-state index in [9.17, 15) is 18.3 Å². The first-order chi connectivity index (χ1) is 12.4. The van der Waals surface area contributed by atoms with Crippen LogP contribution in [0.5, 0.6) is 5.75 Å². The van der Waals surface area contributed by atoms with Crippen molar-refractivity contribution in [3.8, 4) is 5.75 Å². The van der Waals surface area contributed by atoms with Crippen molar-refractivity contribution >= 4 is 16.0 Å². The predicted molar refractivity (Wildman–Crippen MR) is 102 cm³/mol. The summed E-state index contributed by atoms with van der Waals surface area (Å²) in [6.45, 7) is 3.17. The van der Waals surface area contributed by atoms with E-state index < -0.39 is 22.0 Å². The van der Waals surface area contributed by atoms with Gasteiger partial charge in [-0.2, -0.15) is 0 Å². The summed E-state index contributed by atoms with van der Waals surface area (Å²) in [6, 6.07) is 5.86. The smallest absolute Gasteiger partial charge is 0.322 e. The number of rotatable bonds is 14. The normalized spacial score (nSPS) is 12.7. The molecule has 1 rings (SSSR count). The Morgan fingerprint density at radius 2 is 1.88 bits per heavy atom. The minimum atomic E-state index is -3.60. The van der Waals surface area contributed by atoms with Crippen LogP contribution in [0.3, 0.4) is 0 Å². The largest absolute Gasteiger partial charge is 0.494 e. The quantitative estimate of drug-likeness (QED) is 0.420. The van der Waals surface area contributed by atoms with E-state index in [4.69, 9.17) is 10.5 Å². The van der Waals surface area contributed by atoms with Crippen molar-refractivity contribution in [2.24, 2.45) is 5.73 Å². The van der Waals surface area contributed by atoms with E-state index in [1.807, 2.05) is 6.92 Å². The van der Waals surface area contributed by atoms with E-state index in [1.165, 1.54) is 0 Å². The van der Waals surface area contributed by atoms with Gasteiger partial charge in [0.05, 0.1) is 12.4 Å². The summed E-state index contributed by atoms with van der Waals surface area (Å²) in [7, 11) is -3.60. The van der Waals surface area contributed by atoms with Gasteiger partial charge in [0.25, 0.3) is 0 Å². The van der Waals surface area contributed by atoms with E-state index >= 15 is 0 Å². The Bertz CT molecular complexity index is 631. The SMILES string of the molecule is CCCCS(=O)(=O)N[C@@H](Cc1ccc(OCCCCCN)cc1)C(=O)O. The number of nitrogens with two attached hydrogens (primary N) is 1. The van der Waals surface area contributed by atoms with Gasteiger partial charge in [0, 0.05) is 0 Å². The van der Waals surface area contributed by atoms with Crippen LogP contribution in [0.15, 0.2) is 24.3 Å². The third-order valence-electron chi connectivity index (χ3n) is 3.87. The molecule has 0 saturated heterocycles. The molecule has 7 nitrogen and oxygen atoms in total. The van der Waals surface area contributed by atoms with Crippen molar-refractivity contribution in [1.82, 2.24) is 4.72 Å². The molecule has 26 heavy (non-hydrogen) atoms. The summed E-state index contributed by atoms with van der Waals surface area (Å²) in [6.07, 6.45) is 4.24. The number of aliphatic carboxylic acids is 1. The van der Waals surface area contributed by atoms with Crippen LogP contribution in [0.1, 0.15) is 44.6 Å². The lowest BCUT2D eigenvalue weighted by Crippen LogP contribution is -2.43. The molecule has 0 aliphatic heterocycles. The van der Waals surface area contributed by atoms with Crippen molar-refractivity contribution in [3.63, 3.8) is 0 Å². The number of carboxylic acids is 1. The van der Waals surface area contributed by atoms with Gasteiger partial charge in [-0.1, -0.05) is 25.5 Å². The summed E-state index contributed by atoms with van der Waals surface area (Å²) in [4.78, 5) is 11.4. The van der Waals surface area contributed by atoms with Crippen LogP contribution in [0.2, 0.25) is 0 Å². The molecule has 1 aromatic carbocycles. The van der Waals surface area contributed by atoms with Crippen LogP contribution in [0, 0.1) is 0 Å². The van der Waals surface area contributed by atoms with E-state index in [1.54, 1.807) is 24.3 Å². The minimum Gasteiger partial charge on any atom is -0.494 e. The molecule has 0 bridgehead atoms. The van der Waals surface area contributed by atoms with Crippen LogP contribution < -0.4 is 15.2 Å². The van der Waals surface area contributed by atoms with Gasteiger partial charge in [0.1, 0.15) is 11.8 Å². The molecular formula is C18H30N2O5S. The first-order valence-electron chi connectivity index (χ1n) is 9.02. The van der Waals surface area contributed by atoms with E-state index in [0.717, 1.165) is 31.2 Å². The fraction of sp³-hybridized carbons (Fsp3) is 0.611. The number of unbranched alkanes of at least 4 members (excludes halogenated alkanes) is 3. The fourth-order valence-electron chi connectivity index (χ4n) is 2.36. The molecule has 0 amide bonds. The molecule has 0 radical (unpaired) electrons. The summed E-state index contributed by atoms with van der Waals surface area (Å²) in [5, 5.41) is 9.30. The zero-order valence-electron chi connectivity index (χ0n) is 15.3. The lowest BCUT2D eigenvalue weighted by atomic mass is 10.1. The van der Waals surface area contributed by atoms with Crippen molar-refractivity contribution < 1.29 is 23.1 Å². The second-order valence-corrected chi connectivity index (χ2v) is 8.10. The maximum absolute atomic E-state index is 11.9. The van der Waals surface area contributed by atoms with Crippen molar-refractivity contribution in [2.75, 3.05) is 18.9 Å². The molecule has 1 atom stereocenters. The Morgan fingerprint density at radius 1 is 1.19 bits per heavy atom. The predicted octanol–water partition coefficient (Wildman–Crippen LogP) is 1.91. The molecule has 0 fully saturated rings. The van der Waals surface area contributed by atoms with Gasteiger partial charge in [0.15, 0.2) is 0 Å². The highest BCUT2D eigenvalue weighted by molar-refractivity contribution is 7.89. The number of nitrogens with one attached hydrogen (secondary N) is 1. The van der Waals surface area contributed by atoms with Crippen LogP contribution in [0.4, 0.5) is 0 Å². The molecule has 148 valence electrons.